The number of rotatable bonds is 5. The number of nitrogens with zero attached hydrogens (tertiary/aromatic N) is 5. The number of hydrogen-bond acceptors (Lipinski definition) is 6. The zero-order chi connectivity index (χ0) is 43.3. The zero-order valence-electron chi connectivity index (χ0n) is 35.4. The van der Waals surface area contributed by atoms with Gasteiger partial charge in [0.05, 0.1) is 16.6 Å². The number of hydrogen-bond donors (Lipinski definition) is 0. The second kappa shape index (κ2) is 14.1. The van der Waals surface area contributed by atoms with Crippen molar-refractivity contribution in [1.29, 1.82) is 0 Å². The van der Waals surface area contributed by atoms with Crippen LogP contribution in [0.1, 0.15) is 22.3 Å². The van der Waals surface area contributed by atoms with Crippen LogP contribution in [0.2, 0.25) is 0 Å². The maximum Gasteiger partial charge on any atom is 0.164 e. The molecule has 2 aliphatic rings. The van der Waals surface area contributed by atoms with Gasteiger partial charge < -0.3 is 4.42 Å². The van der Waals surface area contributed by atoms with Crippen LogP contribution in [-0.4, -0.2) is 24.9 Å². The third-order valence-electron chi connectivity index (χ3n) is 13.6. The van der Waals surface area contributed by atoms with Crippen LogP contribution >= 0.6 is 0 Å². The van der Waals surface area contributed by atoms with Crippen molar-refractivity contribution in [2.24, 2.45) is 0 Å². The molecule has 3 aromatic heterocycles. The summed E-state index contributed by atoms with van der Waals surface area (Å²) in [6.07, 6.45) is 0. The van der Waals surface area contributed by atoms with E-state index in [1.807, 2.05) is 54.6 Å². The molecule has 0 N–H and O–H groups in total. The first-order valence-electron chi connectivity index (χ1n) is 22.3. The van der Waals surface area contributed by atoms with E-state index in [9.17, 15) is 0 Å². The van der Waals surface area contributed by atoms with Gasteiger partial charge in [-0.2, -0.15) is 0 Å². The molecule has 306 valence electrons. The van der Waals surface area contributed by atoms with Crippen LogP contribution in [0.3, 0.4) is 0 Å². The van der Waals surface area contributed by atoms with Crippen LogP contribution in [0.15, 0.2) is 217 Å². The average molecular weight is 842 g/mol. The monoisotopic (exact) mass is 841 g/mol. The second-order valence-corrected chi connectivity index (χ2v) is 17.1. The minimum absolute atomic E-state index is 0.628. The summed E-state index contributed by atoms with van der Waals surface area (Å²) in [5, 5.41) is 3.10. The molecule has 1 atom stereocenters. The first-order chi connectivity index (χ1) is 32.7. The molecule has 0 saturated heterocycles. The van der Waals surface area contributed by atoms with Gasteiger partial charge in [-0.25, -0.2) is 24.9 Å². The van der Waals surface area contributed by atoms with Crippen molar-refractivity contribution in [2.75, 3.05) is 0 Å². The Hall–Kier alpha value is -8.87. The molecule has 1 spiro atoms. The third-order valence-corrected chi connectivity index (χ3v) is 13.6. The number of para-hydroxylation sites is 1. The van der Waals surface area contributed by atoms with Crippen molar-refractivity contribution < 1.29 is 4.42 Å². The molecule has 12 aromatic rings. The molecule has 14 rings (SSSR count). The molecule has 0 bridgehead atoms. The summed E-state index contributed by atoms with van der Waals surface area (Å²) in [6.45, 7) is 0. The summed E-state index contributed by atoms with van der Waals surface area (Å²) in [7, 11) is 0. The van der Waals surface area contributed by atoms with Gasteiger partial charge in [0.1, 0.15) is 11.2 Å². The number of benzene rings is 9. The van der Waals surface area contributed by atoms with E-state index in [0.717, 1.165) is 88.6 Å². The second-order valence-electron chi connectivity index (χ2n) is 17.1. The number of furan rings is 1. The predicted octanol–water partition coefficient (Wildman–Crippen LogP) is 14.4. The van der Waals surface area contributed by atoms with E-state index in [1.165, 1.54) is 22.3 Å². The Labute approximate surface area is 379 Å². The Kier molecular flexibility index (Phi) is 7.80. The van der Waals surface area contributed by atoms with Crippen LogP contribution in [0.4, 0.5) is 0 Å². The number of fused-ring (bicyclic) bond motifs is 15. The summed E-state index contributed by atoms with van der Waals surface area (Å²) in [6, 6.07) is 74.2. The molecule has 0 radical (unpaired) electrons. The van der Waals surface area contributed by atoms with Gasteiger partial charge in [0.15, 0.2) is 23.3 Å². The van der Waals surface area contributed by atoms with Gasteiger partial charge in [0.25, 0.3) is 0 Å². The van der Waals surface area contributed by atoms with Gasteiger partial charge in [-0.15, -0.1) is 0 Å². The minimum Gasteiger partial charge on any atom is -0.455 e. The standard InChI is InChI=1S/C60H35N5O/c1-4-17-36(18-5-1)54-43-25-12-15-30-50(43)61-58(62-54)39-31-34-51-45(35-39)40-32-33-49-53(55(40)66-51)42-24-11-14-28-47(42)60(49)46-27-13-10-23-41(46)52-44(26-16-29-48(52)60)59-64-56(37-19-6-2-7-20-37)63-57(65-59)38-21-8-3-9-22-38/h1-35H. The summed E-state index contributed by atoms with van der Waals surface area (Å²) in [5.41, 5.74) is 17.1. The van der Waals surface area contributed by atoms with Crippen molar-refractivity contribution in [2.45, 2.75) is 5.41 Å². The fraction of sp³-hybridized carbons (Fsp3) is 0.0167. The van der Waals surface area contributed by atoms with Crippen molar-refractivity contribution in [3.05, 3.63) is 235 Å². The third kappa shape index (κ3) is 5.21. The van der Waals surface area contributed by atoms with E-state index in [2.05, 4.69) is 158 Å². The zero-order valence-corrected chi connectivity index (χ0v) is 35.4. The molecule has 0 saturated carbocycles. The molecule has 2 aliphatic carbocycles. The van der Waals surface area contributed by atoms with Crippen molar-refractivity contribution in [1.82, 2.24) is 24.9 Å². The van der Waals surface area contributed by atoms with E-state index < -0.39 is 5.41 Å². The lowest BCUT2D eigenvalue weighted by molar-refractivity contribution is 0.669. The lowest BCUT2D eigenvalue weighted by Crippen LogP contribution is -2.25. The maximum absolute atomic E-state index is 7.02. The fourth-order valence-electron chi connectivity index (χ4n) is 10.8. The van der Waals surface area contributed by atoms with Crippen molar-refractivity contribution in [3.8, 4) is 79.1 Å². The summed E-state index contributed by atoms with van der Waals surface area (Å²) < 4.78 is 7.02. The topological polar surface area (TPSA) is 77.6 Å². The van der Waals surface area contributed by atoms with E-state index in [0.29, 0.717) is 23.3 Å². The highest BCUT2D eigenvalue weighted by atomic mass is 16.3. The molecular formula is C60H35N5O. The van der Waals surface area contributed by atoms with E-state index in [4.69, 9.17) is 29.3 Å². The first kappa shape index (κ1) is 36.6. The highest BCUT2D eigenvalue weighted by Crippen LogP contribution is 2.65. The predicted molar refractivity (Wildman–Crippen MR) is 264 cm³/mol. The van der Waals surface area contributed by atoms with Crippen molar-refractivity contribution >= 4 is 32.8 Å². The average Bonchev–Trinajstić information content (AvgIpc) is 4.03. The Morgan fingerprint density at radius 1 is 0.318 bits per heavy atom. The molecular weight excluding hydrogens is 807 g/mol. The Balaban J connectivity index is 0.983. The molecule has 3 heterocycles. The fourth-order valence-corrected chi connectivity index (χ4v) is 10.8. The smallest absolute Gasteiger partial charge is 0.164 e. The van der Waals surface area contributed by atoms with Gasteiger partial charge in [0, 0.05) is 49.5 Å². The molecule has 66 heavy (non-hydrogen) atoms. The Morgan fingerprint density at radius 3 is 1.58 bits per heavy atom. The Morgan fingerprint density at radius 2 is 0.864 bits per heavy atom. The van der Waals surface area contributed by atoms with Crippen LogP contribution in [0.25, 0.3) is 112 Å². The molecule has 6 nitrogen and oxygen atoms in total. The molecule has 1 unspecified atom stereocenters. The van der Waals surface area contributed by atoms with Crippen LogP contribution in [-0.2, 0) is 5.41 Å². The molecule has 6 heteroatoms. The largest absolute Gasteiger partial charge is 0.455 e. The molecule has 0 aliphatic heterocycles. The van der Waals surface area contributed by atoms with E-state index in [1.54, 1.807) is 0 Å². The maximum atomic E-state index is 7.02. The minimum atomic E-state index is -0.628. The van der Waals surface area contributed by atoms with Crippen LogP contribution < -0.4 is 0 Å². The van der Waals surface area contributed by atoms with Gasteiger partial charge in [-0.05, 0) is 63.2 Å². The van der Waals surface area contributed by atoms with Gasteiger partial charge in [-0.1, -0.05) is 188 Å². The quantitative estimate of drug-likeness (QED) is 0.172. The highest BCUT2D eigenvalue weighted by molar-refractivity contribution is 6.14. The highest BCUT2D eigenvalue weighted by Gasteiger charge is 2.53. The first-order valence-corrected chi connectivity index (χ1v) is 22.3. The Bertz CT molecular complexity index is 3880. The van der Waals surface area contributed by atoms with Gasteiger partial charge in [-0.3, -0.25) is 0 Å². The summed E-state index contributed by atoms with van der Waals surface area (Å²) >= 11 is 0. The van der Waals surface area contributed by atoms with Crippen LogP contribution in [0.5, 0.6) is 0 Å². The normalized spacial score (nSPS) is 14.4. The van der Waals surface area contributed by atoms with Gasteiger partial charge >= 0.3 is 0 Å². The summed E-state index contributed by atoms with van der Waals surface area (Å²) in [5.74, 6) is 2.57. The molecule has 9 aromatic carbocycles. The lowest BCUT2D eigenvalue weighted by Gasteiger charge is -2.30. The van der Waals surface area contributed by atoms with E-state index in [-0.39, 0.29) is 0 Å². The van der Waals surface area contributed by atoms with Crippen LogP contribution in [0, 0.1) is 0 Å². The molecule has 0 fully saturated rings. The van der Waals surface area contributed by atoms with E-state index >= 15 is 0 Å². The van der Waals surface area contributed by atoms with Crippen molar-refractivity contribution in [3.63, 3.8) is 0 Å². The molecule has 0 amide bonds. The van der Waals surface area contributed by atoms with Gasteiger partial charge in [0.2, 0.25) is 0 Å². The lowest BCUT2D eigenvalue weighted by atomic mass is 9.70. The summed E-state index contributed by atoms with van der Waals surface area (Å²) in [4.78, 5) is 25.8. The number of aromatic nitrogens is 5. The SMILES string of the molecule is c1ccc(-c2nc(-c3ccccc3)nc(-c3cccc4c3-c3ccccc3C43c4ccccc4-c4c3ccc3c4oc4ccc(-c5nc(-c6ccccc6)c6ccccc6n5)cc43)n2)cc1.